The summed E-state index contributed by atoms with van der Waals surface area (Å²) in [7, 11) is 0. The Morgan fingerprint density at radius 2 is 1.63 bits per heavy atom. The topological polar surface area (TPSA) is 76.3 Å². The Labute approximate surface area is 109 Å². The van der Waals surface area contributed by atoms with Crippen molar-refractivity contribution >= 4 is 17.5 Å². The summed E-state index contributed by atoms with van der Waals surface area (Å²) >= 11 is 0. The molecule has 5 nitrogen and oxygen atoms in total. The molecule has 3 rings (SSSR count). The second-order valence-corrected chi connectivity index (χ2v) is 4.32. The minimum atomic E-state index is -0.278. The van der Waals surface area contributed by atoms with Crippen molar-refractivity contribution in [3.05, 3.63) is 59.4 Å². The van der Waals surface area contributed by atoms with Crippen molar-refractivity contribution in [3.63, 3.8) is 0 Å². The number of rotatable bonds is 2. The van der Waals surface area contributed by atoms with Crippen LogP contribution in [0, 0.1) is 0 Å². The first kappa shape index (κ1) is 11.4. The fourth-order valence-electron chi connectivity index (χ4n) is 2.07. The zero-order valence-corrected chi connectivity index (χ0v) is 10.0. The SMILES string of the molecule is Nc1ccc(CN2C(=O)c3ccccc3C2=O)nc1. The van der Waals surface area contributed by atoms with Crippen molar-refractivity contribution < 1.29 is 9.59 Å². The highest BCUT2D eigenvalue weighted by molar-refractivity contribution is 6.21. The van der Waals surface area contributed by atoms with Gasteiger partial charge >= 0.3 is 0 Å². The largest absolute Gasteiger partial charge is 0.397 e. The van der Waals surface area contributed by atoms with Crippen LogP contribution in [0.4, 0.5) is 5.69 Å². The third kappa shape index (κ3) is 1.85. The molecule has 1 aliphatic rings. The van der Waals surface area contributed by atoms with E-state index >= 15 is 0 Å². The Hall–Kier alpha value is -2.69. The number of anilines is 1. The third-order valence-electron chi connectivity index (χ3n) is 3.05. The van der Waals surface area contributed by atoms with Crippen LogP contribution in [-0.4, -0.2) is 21.7 Å². The molecule has 2 amide bonds. The fourth-order valence-corrected chi connectivity index (χ4v) is 2.07. The highest BCUT2D eigenvalue weighted by atomic mass is 16.2. The average Bonchev–Trinajstić information content (AvgIpc) is 2.67. The van der Waals surface area contributed by atoms with Gasteiger partial charge in [0.25, 0.3) is 11.8 Å². The van der Waals surface area contributed by atoms with E-state index in [1.165, 1.54) is 11.1 Å². The predicted molar refractivity (Wildman–Crippen MR) is 69.3 cm³/mol. The van der Waals surface area contributed by atoms with E-state index in [9.17, 15) is 9.59 Å². The summed E-state index contributed by atoms with van der Waals surface area (Å²) in [5, 5.41) is 0. The summed E-state index contributed by atoms with van der Waals surface area (Å²) in [6.07, 6.45) is 1.51. The van der Waals surface area contributed by atoms with Gasteiger partial charge in [-0.15, -0.1) is 0 Å². The third-order valence-corrected chi connectivity index (χ3v) is 3.05. The standard InChI is InChI=1S/C14H11N3O2/c15-9-5-6-10(16-7-9)8-17-13(18)11-3-1-2-4-12(11)14(17)19/h1-7H,8,15H2. The lowest BCUT2D eigenvalue weighted by Gasteiger charge is -2.13. The van der Waals surface area contributed by atoms with Crippen molar-refractivity contribution in [2.45, 2.75) is 6.54 Å². The number of nitrogen functional groups attached to an aromatic ring is 1. The number of nitrogens with zero attached hydrogens (tertiary/aromatic N) is 2. The summed E-state index contributed by atoms with van der Waals surface area (Å²) in [6, 6.07) is 10.2. The smallest absolute Gasteiger partial charge is 0.261 e. The first-order chi connectivity index (χ1) is 9.16. The van der Waals surface area contributed by atoms with Crippen molar-refractivity contribution in [3.8, 4) is 0 Å². The number of benzene rings is 1. The number of imide groups is 1. The molecule has 2 heterocycles. The molecule has 0 spiro atoms. The maximum absolute atomic E-state index is 12.1. The lowest BCUT2D eigenvalue weighted by Crippen LogP contribution is -2.29. The summed E-state index contributed by atoms with van der Waals surface area (Å²) < 4.78 is 0. The summed E-state index contributed by atoms with van der Waals surface area (Å²) in [5.74, 6) is -0.557. The van der Waals surface area contributed by atoms with Crippen LogP contribution in [0.2, 0.25) is 0 Å². The maximum Gasteiger partial charge on any atom is 0.261 e. The highest BCUT2D eigenvalue weighted by Crippen LogP contribution is 2.23. The van der Waals surface area contributed by atoms with E-state index in [1.54, 1.807) is 36.4 Å². The van der Waals surface area contributed by atoms with Gasteiger partial charge < -0.3 is 5.73 Å². The first-order valence-electron chi connectivity index (χ1n) is 5.82. The monoisotopic (exact) mass is 253 g/mol. The van der Waals surface area contributed by atoms with Gasteiger partial charge in [0.05, 0.1) is 35.2 Å². The Morgan fingerprint density at radius 1 is 1.00 bits per heavy atom. The summed E-state index contributed by atoms with van der Waals surface area (Å²) in [5.41, 5.74) is 7.62. The Morgan fingerprint density at radius 3 is 2.16 bits per heavy atom. The predicted octanol–water partition coefficient (Wildman–Crippen LogP) is 1.46. The van der Waals surface area contributed by atoms with Gasteiger partial charge in [0.2, 0.25) is 0 Å². The number of fused-ring (bicyclic) bond motifs is 1. The van der Waals surface area contributed by atoms with Crippen LogP contribution in [-0.2, 0) is 6.54 Å². The molecular weight excluding hydrogens is 242 g/mol. The lowest BCUT2D eigenvalue weighted by atomic mass is 10.1. The molecule has 2 N–H and O–H groups in total. The Kier molecular flexibility index (Phi) is 2.52. The van der Waals surface area contributed by atoms with E-state index in [-0.39, 0.29) is 18.4 Å². The molecule has 0 unspecified atom stereocenters. The van der Waals surface area contributed by atoms with Crippen LogP contribution in [0.3, 0.4) is 0 Å². The molecule has 0 aliphatic carbocycles. The number of pyridine rings is 1. The molecule has 5 heteroatoms. The normalized spacial score (nSPS) is 13.8. The number of hydrogen-bond acceptors (Lipinski definition) is 4. The van der Waals surface area contributed by atoms with E-state index < -0.39 is 0 Å². The molecule has 0 atom stereocenters. The molecule has 0 saturated carbocycles. The Bertz CT molecular complexity index is 630. The van der Waals surface area contributed by atoms with E-state index in [1.807, 2.05) is 0 Å². The Balaban J connectivity index is 1.90. The molecule has 2 aromatic rings. The number of hydrogen-bond donors (Lipinski definition) is 1. The molecular formula is C14H11N3O2. The van der Waals surface area contributed by atoms with Crippen molar-refractivity contribution in [2.75, 3.05) is 5.73 Å². The number of aromatic nitrogens is 1. The second-order valence-electron chi connectivity index (χ2n) is 4.32. The van der Waals surface area contributed by atoms with Gasteiger partial charge in [0.15, 0.2) is 0 Å². The van der Waals surface area contributed by atoms with E-state index in [0.29, 0.717) is 22.5 Å². The van der Waals surface area contributed by atoms with Crippen LogP contribution < -0.4 is 5.73 Å². The molecule has 94 valence electrons. The average molecular weight is 253 g/mol. The summed E-state index contributed by atoms with van der Waals surface area (Å²) in [6.45, 7) is 0.159. The van der Waals surface area contributed by atoms with Crippen molar-refractivity contribution in [1.29, 1.82) is 0 Å². The highest BCUT2D eigenvalue weighted by Gasteiger charge is 2.35. The van der Waals surface area contributed by atoms with Crippen LogP contribution >= 0.6 is 0 Å². The van der Waals surface area contributed by atoms with E-state index in [2.05, 4.69) is 4.98 Å². The van der Waals surface area contributed by atoms with Gasteiger partial charge in [-0.3, -0.25) is 19.5 Å². The maximum atomic E-state index is 12.1. The van der Waals surface area contributed by atoms with Gasteiger partial charge in [-0.05, 0) is 24.3 Å². The van der Waals surface area contributed by atoms with Crippen molar-refractivity contribution in [2.24, 2.45) is 0 Å². The number of carbonyl (C=O) groups excluding carboxylic acids is 2. The molecule has 1 aromatic heterocycles. The van der Waals surface area contributed by atoms with Gasteiger partial charge in [-0.25, -0.2) is 0 Å². The zero-order chi connectivity index (χ0) is 13.4. The van der Waals surface area contributed by atoms with Crippen LogP contribution in [0.25, 0.3) is 0 Å². The molecule has 0 saturated heterocycles. The molecule has 19 heavy (non-hydrogen) atoms. The fraction of sp³-hybridized carbons (Fsp3) is 0.0714. The van der Waals surface area contributed by atoms with Gasteiger partial charge in [-0.2, -0.15) is 0 Å². The molecule has 0 fully saturated rings. The number of amides is 2. The number of nitrogens with two attached hydrogens (primary N) is 1. The first-order valence-corrected chi connectivity index (χ1v) is 5.82. The van der Waals surface area contributed by atoms with Gasteiger partial charge in [-0.1, -0.05) is 12.1 Å². The van der Waals surface area contributed by atoms with E-state index in [4.69, 9.17) is 5.73 Å². The van der Waals surface area contributed by atoms with Crippen LogP contribution in [0.5, 0.6) is 0 Å². The van der Waals surface area contributed by atoms with Crippen LogP contribution in [0.1, 0.15) is 26.4 Å². The molecule has 0 radical (unpaired) electrons. The van der Waals surface area contributed by atoms with E-state index in [0.717, 1.165) is 0 Å². The number of carbonyl (C=O) groups is 2. The second kappa shape index (κ2) is 4.20. The van der Waals surface area contributed by atoms with Gasteiger partial charge in [0, 0.05) is 0 Å². The minimum Gasteiger partial charge on any atom is -0.397 e. The van der Waals surface area contributed by atoms with Crippen LogP contribution in [0.15, 0.2) is 42.6 Å². The quantitative estimate of drug-likeness (QED) is 0.822. The molecule has 1 aromatic carbocycles. The minimum absolute atomic E-state index is 0.159. The lowest BCUT2D eigenvalue weighted by molar-refractivity contribution is 0.0640. The molecule has 1 aliphatic heterocycles. The zero-order valence-electron chi connectivity index (χ0n) is 10.0. The van der Waals surface area contributed by atoms with Gasteiger partial charge in [0.1, 0.15) is 0 Å². The summed E-state index contributed by atoms with van der Waals surface area (Å²) in [4.78, 5) is 29.6. The van der Waals surface area contributed by atoms with Crippen molar-refractivity contribution in [1.82, 2.24) is 9.88 Å². The molecule has 0 bridgehead atoms.